The SMILES string of the molecule is C=CC(=O)OCCCCCCOc1ccc(C(=O)Oc2ccc(OC(=O)c3ccc(OCCCCCCOC(=O)C=C)cc3)c(/C=N/N(CCO)c3cnc4ccccc4n3)c2)cc1. The monoisotopic (exact) mass is 872 g/mol. The van der Waals surface area contributed by atoms with Gasteiger partial charge in [-0.2, -0.15) is 5.10 Å². The molecule has 0 fully saturated rings. The molecule has 0 unspecified atom stereocenters. The Kier molecular flexibility index (Phi) is 19.5. The highest BCUT2D eigenvalue weighted by Gasteiger charge is 2.16. The number of carbonyl (C=O) groups is 4. The predicted octanol–water partition coefficient (Wildman–Crippen LogP) is 8.24. The first-order chi connectivity index (χ1) is 31.3. The van der Waals surface area contributed by atoms with Gasteiger partial charge < -0.3 is 33.5 Å². The summed E-state index contributed by atoms with van der Waals surface area (Å²) >= 11 is 0. The molecule has 1 heterocycles. The Bertz CT molecular complexity index is 2350. The molecular formula is C49H52N4O11. The fourth-order valence-electron chi connectivity index (χ4n) is 5.97. The number of fused-ring (bicyclic) bond motifs is 1. The lowest BCUT2D eigenvalue weighted by Gasteiger charge is -2.17. The van der Waals surface area contributed by atoms with Crippen LogP contribution in [0.3, 0.4) is 0 Å². The fraction of sp³-hybridized carbons (Fsp3) is 0.286. The van der Waals surface area contributed by atoms with E-state index in [1.54, 1.807) is 54.7 Å². The number of anilines is 1. The average Bonchev–Trinajstić information content (AvgIpc) is 3.32. The van der Waals surface area contributed by atoms with E-state index in [4.69, 9.17) is 28.4 Å². The van der Waals surface area contributed by atoms with Gasteiger partial charge in [-0.3, -0.25) is 4.98 Å². The lowest BCUT2D eigenvalue weighted by Crippen LogP contribution is -2.22. The highest BCUT2D eigenvalue weighted by Crippen LogP contribution is 2.27. The number of hydrogen-bond donors (Lipinski definition) is 1. The average molecular weight is 873 g/mol. The van der Waals surface area contributed by atoms with Gasteiger partial charge in [0.15, 0.2) is 5.82 Å². The minimum absolute atomic E-state index is 0.0731. The van der Waals surface area contributed by atoms with E-state index in [1.807, 2.05) is 24.3 Å². The second-order valence-corrected chi connectivity index (χ2v) is 14.1. The quantitative estimate of drug-likeness (QED) is 0.0133. The number of benzene rings is 4. The molecule has 0 saturated carbocycles. The summed E-state index contributed by atoms with van der Waals surface area (Å²) < 4.78 is 33.2. The third kappa shape index (κ3) is 15.8. The summed E-state index contributed by atoms with van der Waals surface area (Å²) in [5.41, 5.74) is 2.17. The Morgan fingerprint density at radius 2 is 1.14 bits per heavy atom. The van der Waals surface area contributed by atoms with Crippen molar-refractivity contribution >= 4 is 46.9 Å². The molecule has 4 aromatic carbocycles. The number of carbonyl (C=O) groups excluding carboxylic acids is 4. The van der Waals surface area contributed by atoms with Gasteiger partial charge in [-0.1, -0.05) is 25.3 Å². The van der Waals surface area contributed by atoms with Gasteiger partial charge in [0.05, 0.1) is 74.2 Å². The zero-order valence-corrected chi connectivity index (χ0v) is 35.6. The topological polar surface area (TPSA) is 185 Å². The van der Waals surface area contributed by atoms with Crippen molar-refractivity contribution in [2.24, 2.45) is 5.10 Å². The Morgan fingerprint density at radius 3 is 1.69 bits per heavy atom. The molecule has 0 amide bonds. The van der Waals surface area contributed by atoms with Crippen LogP contribution >= 0.6 is 0 Å². The largest absolute Gasteiger partial charge is 0.494 e. The van der Waals surface area contributed by atoms with Gasteiger partial charge in [0.25, 0.3) is 0 Å². The Hall–Kier alpha value is -7.39. The zero-order chi connectivity index (χ0) is 45.4. The summed E-state index contributed by atoms with van der Waals surface area (Å²) in [5, 5.41) is 15.9. The highest BCUT2D eigenvalue weighted by molar-refractivity contribution is 5.94. The van der Waals surface area contributed by atoms with Crippen LogP contribution < -0.4 is 24.0 Å². The van der Waals surface area contributed by atoms with Crippen molar-refractivity contribution in [3.05, 3.63) is 139 Å². The van der Waals surface area contributed by atoms with Crippen molar-refractivity contribution in [3.63, 3.8) is 0 Å². The minimum Gasteiger partial charge on any atom is -0.494 e. The molecule has 0 aliphatic carbocycles. The number of rotatable bonds is 27. The van der Waals surface area contributed by atoms with Crippen LogP contribution in [-0.4, -0.2) is 84.7 Å². The fourth-order valence-corrected chi connectivity index (χ4v) is 5.97. The van der Waals surface area contributed by atoms with E-state index in [9.17, 15) is 24.3 Å². The number of aromatic nitrogens is 2. The number of para-hydroxylation sites is 2. The molecule has 15 heteroatoms. The minimum atomic E-state index is -0.649. The smallest absolute Gasteiger partial charge is 0.343 e. The molecule has 334 valence electrons. The number of unbranched alkanes of at least 4 members (excludes halogenated alkanes) is 6. The molecular weight excluding hydrogens is 821 g/mol. The second-order valence-electron chi connectivity index (χ2n) is 14.1. The number of hydrogen-bond acceptors (Lipinski definition) is 15. The highest BCUT2D eigenvalue weighted by atomic mass is 16.5. The third-order valence-electron chi connectivity index (χ3n) is 9.36. The van der Waals surface area contributed by atoms with Crippen molar-refractivity contribution in [2.45, 2.75) is 51.4 Å². The zero-order valence-electron chi connectivity index (χ0n) is 35.6. The number of nitrogens with zero attached hydrogens (tertiary/aromatic N) is 4. The predicted molar refractivity (Wildman–Crippen MR) is 241 cm³/mol. The molecule has 0 radical (unpaired) electrons. The maximum Gasteiger partial charge on any atom is 0.343 e. The summed E-state index contributed by atoms with van der Waals surface area (Å²) in [5.74, 6) is -0.287. The van der Waals surface area contributed by atoms with Crippen LogP contribution in [0.2, 0.25) is 0 Å². The molecule has 15 nitrogen and oxygen atoms in total. The standard InChI is InChI=1S/C49H52N4O11/c1-3-46(55)61-31-13-7-5-11-29-59-39-21-17-36(18-22-39)48(57)63-41-25-26-44(38(33-41)34-51-53(27-28-54)45-35-50-42-15-9-10-16-43(42)52-45)64-49(58)37-19-23-40(24-20-37)60-30-12-6-8-14-32-62-47(56)4-2/h3-4,9-10,15-26,33-35,54H,1-2,5-8,11-14,27-32H2/b51-34+. The molecule has 0 aliphatic rings. The maximum absolute atomic E-state index is 13.4. The molecule has 0 saturated heterocycles. The van der Waals surface area contributed by atoms with Gasteiger partial charge in [0, 0.05) is 17.7 Å². The lowest BCUT2D eigenvalue weighted by molar-refractivity contribution is -0.138. The summed E-state index contributed by atoms with van der Waals surface area (Å²) in [6.07, 6.45) is 12.0. The number of esters is 4. The Balaban J connectivity index is 1.22. The normalized spacial score (nSPS) is 10.8. The summed E-state index contributed by atoms with van der Waals surface area (Å²) in [6, 6.07) is 25.0. The second kappa shape index (κ2) is 26.2. The van der Waals surface area contributed by atoms with Gasteiger partial charge in [0.2, 0.25) is 0 Å². The summed E-state index contributed by atoms with van der Waals surface area (Å²) in [6.45, 7) is 8.26. The molecule has 0 spiro atoms. The van der Waals surface area contributed by atoms with E-state index in [0.717, 1.165) is 63.5 Å². The first-order valence-electron chi connectivity index (χ1n) is 21.0. The van der Waals surface area contributed by atoms with Gasteiger partial charge in [-0.15, -0.1) is 0 Å². The molecule has 0 aliphatic heterocycles. The number of ether oxygens (including phenoxy) is 6. The summed E-state index contributed by atoms with van der Waals surface area (Å²) in [4.78, 5) is 58.1. The van der Waals surface area contributed by atoms with Crippen molar-refractivity contribution in [3.8, 4) is 23.0 Å². The van der Waals surface area contributed by atoms with Crippen molar-refractivity contribution < 1.29 is 52.7 Å². The van der Waals surface area contributed by atoms with E-state index >= 15 is 0 Å². The van der Waals surface area contributed by atoms with E-state index < -0.39 is 23.9 Å². The number of aliphatic hydroxyl groups is 1. The molecule has 5 rings (SSSR count). The Labute approximate surface area is 371 Å². The lowest BCUT2D eigenvalue weighted by atomic mass is 10.2. The van der Waals surface area contributed by atoms with Gasteiger partial charge in [-0.05, 0) is 130 Å². The molecule has 5 aromatic rings. The van der Waals surface area contributed by atoms with Crippen molar-refractivity contribution in [2.75, 3.05) is 44.6 Å². The van der Waals surface area contributed by atoms with E-state index in [-0.39, 0.29) is 41.3 Å². The van der Waals surface area contributed by atoms with Crippen LogP contribution in [0.25, 0.3) is 11.0 Å². The van der Waals surface area contributed by atoms with Crippen LogP contribution in [0.15, 0.2) is 128 Å². The van der Waals surface area contributed by atoms with E-state index in [2.05, 4.69) is 28.2 Å². The van der Waals surface area contributed by atoms with Crippen LogP contribution in [0.1, 0.15) is 77.6 Å². The van der Waals surface area contributed by atoms with Gasteiger partial charge in [0.1, 0.15) is 23.0 Å². The number of aliphatic hydroxyl groups excluding tert-OH is 1. The van der Waals surface area contributed by atoms with Crippen LogP contribution in [0.4, 0.5) is 5.82 Å². The van der Waals surface area contributed by atoms with Crippen molar-refractivity contribution in [1.82, 2.24) is 9.97 Å². The summed E-state index contributed by atoms with van der Waals surface area (Å²) in [7, 11) is 0. The van der Waals surface area contributed by atoms with Crippen molar-refractivity contribution in [1.29, 1.82) is 0 Å². The van der Waals surface area contributed by atoms with E-state index in [0.29, 0.717) is 54.8 Å². The third-order valence-corrected chi connectivity index (χ3v) is 9.36. The molecule has 1 aromatic heterocycles. The maximum atomic E-state index is 13.4. The van der Waals surface area contributed by atoms with Crippen LogP contribution in [0.5, 0.6) is 23.0 Å². The molecule has 0 atom stereocenters. The van der Waals surface area contributed by atoms with E-state index in [1.165, 1.54) is 29.4 Å². The first-order valence-corrected chi connectivity index (χ1v) is 21.0. The Morgan fingerprint density at radius 1 is 0.625 bits per heavy atom. The first kappa shape index (κ1) is 47.7. The molecule has 0 bridgehead atoms. The van der Waals surface area contributed by atoms with Crippen LogP contribution in [-0.2, 0) is 19.1 Å². The molecule has 1 N–H and O–H groups in total. The molecule has 64 heavy (non-hydrogen) atoms. The number of hydrazone groups is 1. The van der Waals surface area contributed by atoms with Gasteiger partial charge in [-0.25, -0.2) is 29.2 Å². The van der Waals surface area contributed by atoms with Crippen LogP contribution in [0, 0.1) is 0 Å². The van der Waals surface area contributed by atoms with Gasteiger partial charge >= 0.3 is 23.9 Å².